The van der Waals surface area contributed by atoms with Gasteiger partial charge in [0.2, 0.25) is 0 Å². The Balaban J connectivity index is 2.31. The van der Waals surface area contributed by atoms with Crippen molar-refractivity contribution in [2.45, 2.75) is 19.3 Å². The number of ether oxygens (including phenoxy) is 1. The predicted molar refractivity (Wildman–Crippen MR) is 54.1 cm³/mol. The lowest BCUT2D eigenvalue weighted by Crippen LogP contribution is -1.95. The monoisotopic (exact) mass is 174 g/mol. The molecule has 0 saturated heterocycles. The van der Waals surface area contributed by atoms with Gasteiger partial charge in [-0.25, -0.2) is 0 Å². The highest BCUT2D eigenvalue weighted by Gasteiger charge is 2.19. The third-order valence-electron chi connectivity index (χ3n) is 2.60. The van der Waals surface area contributed by atoms with E-state index in [1.807, 2.05) is 12.1 Å². The maximum absolute atomic E-state index is 5.32. The molecule has 1 atom stereocenters. The van der Waals surface area contributed by atoms with Gasteiger partial charge in [0, 0.05) is 11.5 Å². The zero-order valence-electron chi connectivity index (χ0n) is 8.08. The fourth-order valence-corrected chi connectivity index (χ4v) is 1.64. The number of hydrogen-bond donors (Lipinski definition) is 0. The van der Waals surface area contributed by atoms with Crippen LogP contribution in [-0.4, -0.2) is 7.11 Å². The second kappa shape index (κ2) is 3.25. The summed E-state index contributed by atoms with van der Waals surface area (Å²) in [6.45, 7) is 2.23. The Hall–Kier alpha value is -1.24. The topological polar surface area (TPSA) is 9.23 Å². The third kappa shape index (κ3) is 1.59. The van der Waals surface area contributed by atoms with Gasteiger partial charge in [-0.3, -0.25) is 0 Å². The molecule has 1 nitrogen and oxygen atoms in total. The van der Waals surface area contributed by atoms with E-state index in [0.29, 0.717) is 5.92 Å². The fourth-order valence-electron chi connectivity index (χ4n) is 1.64. The molecule has 0 aromatic heterocycles. The number of hydrogen-bond acceptors (Lipinski definition) is 1. The summed E-state index contributed by atoms with van der Waals surface area (Å²) in [5.41, 5.74) is 2.83. The molecule has 0 heterocycles. The number of benzene rings is 1. The molecule has 2 rings (SSSR count). The van der Waals surface area contributed by atoms with Crippen molar-refractivity contribution in [1.29, 1.82) is 0 Å². The van der Waals surface area contributed by atoms with Crippen LogP contribution in [0.4, 0.5) is 0 Å². The Morgan fingerprint density at radius 3 is 2.62 bits per heavy atom. The van der Waals surface area contributed by atoms with E-state index in [0.717, 1.165) is 5.75 Å². The molecule has 68 valence electrons. The lowest BCUT2D eigenvalue weighted by Gasteiger charge is -2.12. The third-order valence-corrected chi connectivity index (χ3v) is 2.60. The minimum Gasteiger partial charge on any atom is -0.496 e. The minimum atomic E-state index is 0.524. The van der Waals surface area contributed by atoms with Crippen molar-refractivity contribution in [2.75, 3.05) is 7.11 Å². The van der Waals surface area contributed by atoms with Crippen LogP contribution in [0, 0.1) is 0 Å². The van der Waals surface area contributed by atoms with Crippen LogP contribution < -0.4 is 4.74 Å². The highest BCUT2D eigenvalue weighted by molar-refractivity contribution is 5.43. The maximum Gasteiger partial charge on any atom is 0.122 e. The molecule has 0 N–H and O–H groups in total. The van der Waals surface area contributed by atoms with Crippen LogP contribution in [0.3, 0.4) is 0 Å². The Kier molecular flexibility index (Phi) is 2.09. The van der Waals surface area contributed by atoms with Crippen LogP contribution in [0.5, 0.6) is 5.75 Å². The summed E-state index contributed by atoms with van der Waals surface area (Å²) in [6.07, 6.45) is 3.45. The van der Waals surface area contributed by atoms with Crippen LogP contribution in [0.2, 0.25) is 0 Å². The molecular weight excluding hydrogens is 160 g/mol. The Morgan fingerprint density at radius 2 is 2.00 bits per heavy atom. The summed E-state index contributed by atoms with van der Waals surface area (Å²) in [6, 6.07) is 8.24. The van der Waals surface area contributed by atoms with Gasteiger partial charge in [0.15, 0.2) is 0 Å². The summed E-state index contributed by atoms with van der Waals surface area (Å²) in [7, 11) is 1.73. The molecule has 1 aliphatic carbocycles. The summed E-state index contributed by atoms with van der Waals surface area (Å²) >= 11 is 0. The molecule has 1 unspecified atom stereocenters. The fraction of sp³-hybridized carbons (Fsp3) is 0.333. The highest BCUT2D eigenvalue weighted by Crippen LogP contribution is 2.38. The molecule has 0 bridgehead atoms. The summed E-state index contributed by atoms with van der Waals surface area (Å²) < 4.78 is 5.32. The molecule has 0 saturated carbocycles. The van der Waals surface area contributed by atoms with Crippen LogP contribution in [-0.2, 0) is 0 Å². The second-order valence-electron chi connectivity index (χ2n) is 3.45. The van der Waals surface area contributed by atoms with Crippen LogP contribution in [0.25, 0.3) is 0 Å². The summed E-state index contributed by atoms with van der Waals surface area (Å²) in [4.78, 5) is 0. The van der Waals surface area contributed by atoms with Crippen molar-refractivity contribution in [3.8, 4) is 5.75 Å². The molecule has 0 aliphatic heterocycles. The van der Waals surface area contributed by atoms with E-state index in [1.165, 1.54) is 17.6 Å². The van der Waals surface area contributed by atoms with Crippen molar-refractivity contribution in [1.82, 2.24) is 0 Å². The maximum atomic E-state index is 5.32. The molecule has 0 radical (unpaired) electrons. The Labute approximate surface area is 79.0 Å². The second-order valence-corrected chi connectivity index (χ2v) is 3.45. The van der Waals surface area contributed by atoms with E-state index >= 15 is 0 Å². The van der Waals surface area contributed by atoms with Crippen molar-refractivity contribution < 1.29 is 4.74 Å². The summed E-state index contributed by atoms with van der Waals surface area (Å²) in [5, 5.41) is 0. The number of rotatable bonds is 3. The van der Waals surface area contributed by atoms with Crippen molar-refractivity contribution in [3.63, 3.8) is 0 Å². The molecule has 1 heteroatoms. The first-order chi connectivity index (χ1) is 6.33. The van der Waals surface area contributed by atoms with Gasteiger partial charge in [0.05, 0.1) is 7.11 Å². The van der Waals surface area contributed by atoms with Crippen molar-refractivity contribution >= 4 is 0 Å². The molecule has 1 aromatic carbocycles. The van der Waals surface area contributed by atoms with Crippen molar-refractivity contribution in [2.24, 2.45) is 0 Å². The first kappa shape index (κ1) is 8.36. The van der Waals surface area contributed by atoms with Gasteiger partial charge in [0.25, 0.3) is 0 Å². The number of methoxy groups -OCH3 is 1. The zero-order chi connectivity index (χ0) is 9.26. The number of para-hydroxylation sites is 1. The molecule has 0 spiro atoms. The van der Waals surface area contributed by atoms with Gasteiger partial charge < -0.3 is 4.74 Å². The van der Waals surface area contributed by atoms with E-state index < -0.39 is 0 Å². The largest absolute Gasteiger partial charge is 0.496 e. The molecule has 0 fully saturated rings. The van der Waals surface area contributed by atoms with Crippen molar-refractivity contribution in [3.05, 3.63) is 41.5 Å². The zero-order valence-corrected chi connectivity index (χ0v) is 8.08. The average Bonchev–Trinajstić information content (AvgIpc) is 3.00. The molecular formula is C12H14O. The molecule has 1 aliphatic rings. The van der Waals surface area contributed by atoms with Crippen LogP contribution in [0.15, 0.2) is 35.9 Å². The molecule has 0 amide bonds. The quantitative estimate of drug-likeness (QED) is 0.640. The van der Waals surface area contributed by atoms with Gasteiger partial charge in [-0.1, -0.05) is 36.8 Å². The highest BCUT2D eigenvalue weighted by atomic mass is 16.5. The van der Waals surface area contributed by atoms with Gasteiger partial charge in [0.1, 0.15) is 5.75 Å². The van der Waals surface area contributed by atoms with Gasteiger partial charge in [-0.05, 0) is 12.5 Å². The Bertz CT molecular complexity index is 339. The number of allylic oxidation sites excluding steroid dienone is 2. The van der Waals surface area contributed by atoms with Crippen LogP contribution >= 0.6 is 0 Å². The average molecular weight is 174 g/mol. The van der Waals surface area contributed by atoms with E-state index in [-0.39, 0.29) is 0 Å². The van der Waals surface area contributed by atoms with E-state index in [2.05, 4.69) is 25.1 Å². The van der Waals surface area contributed by atoms with Gasteiger partial charge in [-0.2, -0.15) is 0 Å². The predicted octanol–water partition coefficient (Wildman–Crippen LogP) is 3.13. The normalized spacial score (nSPS) is 16.3. The smallest absolute Gasteiger partial charge is 0.122 e. The molecule has 1 aromatic rings. The lowest BCUT2D eigenvalue weighted by atomic mass is 9.97. The standard InChI is InChI=1S/C12H14O/c1-9(10-7-8-10)11-5-3-4-6-12(11)13-2/h3-7,9H,8H2,1-2H3. The van der Waals surface area contributed by atoms with Crippen LogP contribution in [0.1, 0.15) is 24.8 Å². The van der Waals surface area contributed by atoms with E-state index in [9.17, 15) is 0 Å². The Morgan fingerprint density at radius 1 is 1.31 bits per heavy atom. The SMILES string of the molecule is COc1ccccc1C(C)C1=CC1. The van der Waals surface area contributed by atoms with E-state index in [1.54, 1.807) is 7.11 Å². The summed E-state index contributed by atoms with van der Waals surface area (Å²) in [5.74, 6) is 1.53. The first-order valence-corrected chi connectivity index (χ1v) is 4.64. The minimum absolute atomic E-state index is 0.524. The van der Waals surface area contributed by atoms with Gasteiger partial charge in [-0.15, -0.1) is 0 Å². The van der Waals surface area contributed by atoms with Gasteiger partial charge >= 0.3 is 0 Å². The van der Waals surface area contributed by atoms with E-state index in [4.69, 9.17) is 4.74 Å². The molecule has 13 heavy (non-hydrogen) atoms. The lowest BCUT2D eigenvalue weighted by molar-refractivity contribution is 0.408. The first-order valence-electron chi connectivity index (χ1n) is 4.64.